The maximum absolute atomic E-state index is 12.5. The lowest BCUT2D eigenvalue weighted by atomic mass is 10.1. The van der Waals surface area contributed by atoms with Gasteiger partial charge in [-0.1, -0.05) is 30.3 Å². The van der Waals surface area contributed by atoms with Crippen LogP contribution in [-0.4, -0.2) is 24.7 Å². The molecular weight excluding hydrogens is 263 g/mol. The molecule has 1 unspecified atom stereocenters. The Morgan fingerprint density at radius 3 is 2.16 bits per heavy atom. The van der Waals surface area contributed by atoms with Gasteiger partial charge in [0.2, 0.25) is 0 Å². The average Bonchev–Trinajstić information content (AvgIpc) is 2.39. The third kappa shape index (κ3) is 4.57. The van der Waals surface area contributed by atoms with Crippen molar-refractivity contribution in [3.8, 4) is 0 Å². The van der Waals surface area contributed by atoms with Crippen LogP contribution in [0.2, 0.25) is 0 Å². The first-order chi connectivity index (χ1) is 9.03. The Labute approximate surface area is 114 Å². The Balaban J connectivity index is 2.77. The van der Waals surface area contributed by atoms with Crippen LogP contribution >= 0.6 is 7.60 Å². The van der Waals surface area contributed by atoms with E-state index in [2.05, 4.69) is 0 Å². The van der Waals surface area contributed by atoms with Gasteiger partial charge in [-0.2, -0.15) is 0 Å². The second-order valence-corrected chi connectivity index (χ2v) is 6.55. The minimum atomic E-state index is -3.35. The molecule has 1 aromatic rings. The van der Waals surface area contributed by atoms with Crippen LogP contribution in [0.4, 0.5) is 0 Å². The minimum absolute atomic E-state index is 0.128. The fourth-order valence-electron chi connectivity index (χ4n) is 1.74. The minimum Gasteiger partial charge on any atom is -0.308 e. The first-order valence-corrected chi connectivity index (χ1v) is 8.10. The SMILES string of the molecule is CCOP(=O)(OCC)C(C)C(=O)Cc1ccccc1. The van der Waals surface area contributed by atoms with E-state index in [-0.39, 0.29) is 25.4 Å². The molecule has 0 aliphatic carbocycles. The van der Waals surface area contributed by atoms with Crippen molar-refractivity contribution in [2.24, 2.45) is 0 Å². The normalized spacial score (nSPS) is 13.2. The summed E-state index contributed by atoms with van der Waals surface area (Å²) in [5, 5.41) is 0. The zero-order chi connectivity index (χ0) is 14.3. The summed E-state index contributed by atoms with van der Waals surface area (Å²) in [5.41, 5.74) is 0.159. The van der Waals surface area contributed by atoms with Gasteiger partial charge in [-0.15, -0.1) is 0 Å². The molecular formula is C14H21O4P. The number of hydrogen-bond donors (Lipinski definition) is 0. The lowest BCUT2D eigenvalue weighted by Gasteiger charge is -2.22. The van der Waals surface area contributed by atoms with Crippen molar-refractivity contribution >= 4 is 13.4 Å². The Morgan fingerprint density at radius 2 is 1.68 bits per heavy atom. The number of hydrogen-bond acceptors (Lipinski definition) is 4. The molecule has 0 saturated heterocycles. The molecule has 0 heterocycles. The predicted molar refractivity (Wildman–Crippen MR) is 75.5 cm³/mol. The molecule has 5 heteroatoms. The van der Waals surface area contributed by atoms with E-state index in [0.29, 0.717) is 0 Å². The summed E-state index contributed by atoms with van der Waals surface area (Å²) >= 11 is 0. The molecule has 0 bridgehead atoms. The monoisotopic (exact) mass is 284 g/mol. The Morgan fingerprint density at radius 1 is 1.16 bits per heavy atom. The van der Waals surface area contributed by atoms with Crippen LogP contribution in [0.15, 0.2) is 30.3 Å². The molecule has 0 N–H and O–H groups in total. The van der Waals surface area contributed by atoms with Gasteiger partial charge in [-0.25, -0.2) is 0 Å². The summed E-state index contributed by atoms with van der Waals surface area (Å²) in [6, 6.07) is 9.38. The van der Waals surface area contributed by atoms with Gasteiger partial charge in [-0.3, -0.25) is 9.36 Å². The van der Waals surface area contributed by atoms with Crippen LogP contribution < -0.4 is 0 Å². The number of carbonyl (C=O) groups is 1. The fourth-order valence-corrected chi connectivity index (χ4v) is 3.43. The summed E-state index contributed by atoms with van der Waals surface area (Å²) in [4.78, 5) is 12.2. The van der Waals surface area contributed by atoms with E-state index in [1.807, 2.05) is 30.3 Å². The van der Waals surface area contributed by atoms with E-state index in [0.717, 1.165) is 5.56 Å². The Kier molecular flexibility index (Phi) is 6.43. The molecule has 0 aromatic heterocycles. The predicted octanol–water partition coefficient (Wildman–Crippen LogP) is 3.45. The summed E-state index contributed by atoms with van der Waals surface area (Å²) in [6.45, 7) is 5.61. The second-order valence-electron chi connectivity index (χ2n) is 4.18. The maximum atomic E-state index is 12.5. The third-order valence-corrected chi connectivity index (χ3v) is 5.25. The van der Waals surface area contributed by atoms with Gasteiger partial charge in [-0.05, 0) is 26.3 Å². The van der Waals surface area contributed by atoms with Gasteiger partial charge in [0.05, 0.1) is 13.2 Å². The highest BCUT2D eigenvalue weighted by Gasteiger charge is 2.36. The van der Waals surface area contributed by atoms with E-state index in [9.17, 15) is 9.36 Å². The largest absolute Gasteiger partial charge is 0.340 e. The zero-order valence-electron chi connectivity index (χ0n) is 11.7. The topological polar surface area (TPSA) is 52.6 Å². The van der Waals surface area contributed by atoms with Gasteiger partial charge >= 0.3 is 7.60 Å². The van der Waals surface area contributed by atoms with Gasteiger partial charge < -0.3 is 9.05 Å². The number of rotatable bonds is 8. The number of carbonyl (C=O) groups excluding carboxylic acids is 1. The molecule has 19 heavy (non-hydrogen) atoms. The van der Waals surface area contributed by atoms with Crippen molar-refractivity contribution in [2.75, 3.05) is 13.2 Å². The summed E-state index contributed by atoms with van der Waals surface area (Å²) < 4.78 is 22.9. The van der Waals surface area contributed by atoms with Crippen molar-refractivity contribution < 1.29 is 18.4 Å². The quantitative estimate of drug-likeness (QED) is 0.686. The highest BCUT2D eigenvalue weighted by molar-refractivity contribution is 7.55. The highest BCUT2D eigenvalue weighted by Crippen LogP contribution is 2.53. The van der Waals surface area contributed by atoms with Crippen molar-refractivity contribution in [3.63, 3.8) is 0 Å². The van der Waals surface area contributed by atoms with Crippen LogP contribution in [0.1, 0.15) is 26.3 Å². The molecule has 0 amide bonds. The van der Waals surface area contributed by atoms with Crippen molar-refractivity contribution in [1.82, 2.24) is 0 Å². The van der Waals surface area contributed by atoms with Crippen LogP contribution in [0, 0.1) is 0 Å². The molecule has 0 aliphatic heterocycles. The van der Waals surface area contributed by atoms with E-state index >= 15 is 0 Å². The van der Waals surface area contributed by atoms with Crippen LogP contribution in [0.25, 0.3) is 0 Å². The average molecular weight is 284 g/mol. The van der Waals surface area contributed by atoms with Crippen molar-refractivity contribution in [3.05, 3.63) is 35.9 Å². The number of ketones is 1. The molecule has 1 atom stereocenters. The zero-order valence-corrected chi connectivity index (χ0v) is 12.6. The van der Waals surface area contributed by atoms with Crippen LogP contribution in [-0.2, 0) is 24.8 Å². The molecule has 106 valence electrons. The maximum Gasteiger partial charge on any atom is 0.340 e. The fraction of sp³-hybridized carbons (Fsp3) is 0.500. The second kappa shape index (κ2) is 7.59. The lowest BCUT2D eigenvalue weighted by Crippen LogP contribution is -2.22. The van der Waals surface area contributed by atoms with Crippen molar-refractivity contribution in [1.29, 1.82) is 0 Å². The molecule has 0 radical (unpaired) electrons. The molecule has 0 fully saturated rings. The molecule has 1 rings (SSSR count). The highest BCUT2D eigenvalue weighted by atomic mass is 31.2. The molecule has 0 spiro atoms. The number of benzene rings is 1. The lowest BCUT2D eigenvalue weighted by molar-refractivity contribution is -0.118. The van der Waals surface area contributed by atoms with Crippen LogP contribution in [0.3, 0.4) is 0 Å². The van der Waals surface area contributed by atoms with Gasteiger partial charge in [0.1, 0.15) is 5.66 Å². The smallest absolute Gasteiger partial charge is 0.308 e. The standard InChI is InChI=1S/C14H21O4P/c1-4-17-19(16,18-5-2)12(3)14(15)11-13-9-7-6-8-10-13/h6-10,12H,4-5,11H2,1-3H3. The molecule has 0 saturated carbocycles. The summed E-state index contributed by atoms with van der Waals surface area (Å²) in [5.74, 6) is -0.128. The van der Waals surface area contributed by atoms with E-state index < -0.39 is 13.3 Å². The van der Waals surface area contributed by atoms with Gasteiger partial charge in [0.25, 0.3) is 0 Å². The summed E-state index contributed by atoms with van der Waals surface area (Å²) in [7, 11) is -3.35. The molecule has 0 aliphatic rings. The van der Waals surface area contributed by atoms with E-state index in [1.54, 1.807) is 20.8 Å². The van der Waals surface area contributed by atoms with Crippen LogP contribution in [0.5, 0.6) is 0 Å². The van der Waals surface area contributed by atoms with Crippen molar-refractivity contribution in [2.45, 2.75) is 32.9 Å². The van der Waals surface area contributed by atoms with E-state index in [1.165, 1.54) is 0 Å². The first-order valence-electron chi connectivity index (χ1n) is 6.49. The van der Waals surface area contributed by atoms with Gasteiger partial charge in [0.15, 0.2) is 5.78 Å². The molecule has 4 nitrogen and oxygen atoms in total. The Bertz CT molecular complexity index is 434. The van der Waals surface area contributed by atoms with Gasteiger partial charge in [0, 0.05) is 6.42 Å². The first kappa shape index (κ1) is 16.1. The third-order valence-electron chi connectivity index (χ3n) is 2.78. The van der Waals surface area contributed by atoms with E-state index in [4.69, 9.17) is 9.05 Å². The summed E-state index contributed by atoms with van der Waals surface area (Å²) in [6.07, 6.45) is 0.242. The molecule has 1 aromatic carbocycles. The Hall–Kier alpha value is -0.960. The number of Topliss-reactive ketones (excluding diaryl/α,β-unsaturated/α-hetero) is 1.